The minimum absolute atomic E-state index is 0.255. The molecule has 1 aromatic heterocycles. The van der Waals surface area contributed by atoms with E-state index in [9.17, 15) is 0 Å². The summed E-state index contributed by atoms with van der Waals surface area (Å²) < 4.78 is 6.31. The maximum Gasteiger partial charge on any atom is 0.0698 e. The second-order valence-electron chi connectivity index (χ2n) is 8.81. The Morgan fingerprint density at radius 3 is 2.88 bits per heavy atom. The second-order valence-corrected chi connectivity index (χ2v) is 8.81. The fourth-order valence-electron chi connectivity index (χ4n) is 3.73. The van der Waals surface area contributed by atoms with Crippen molar-refractivity contribution in [1.29, 1.82) is 0 Å². The van der Waals surface area contributed by atoms with Gasteiger partial charge in [-0.15, -0.1) is 0 Å². The van der Waals surface area contributed by atoms with Gasteiger partial charge in [-0.05, 0) is 44.7 Å². The lowest BCUT2D eigenvalue weighted by atomic mass is 9.69. The largest absolute Gasteiger partial charge is 0.377 e. The fourth-order valence-corrected chi connectivity index (χ4v) is 3.73. The highest BCUT2D eigenvalue weighted by Gasteiger charge is 2.39. The first-order valence-corrected chi connectivity index (χ1v) is 9.80. The van der Waals surface area contributed by atoms with Gasteiger partial charge in [0.15, 0.2) is 0 Å². The Labute approximate surface area is 153 Å². The minimum atomic E-state index is 0.255. The van der Waals surface area contributed by atoms with E-state index < -0.39 is 0 Å². The quantitative estimate of drug-likeness (QED) is 0.717. The summed E-state index contributed by atoms with van der Waals surface area (Å²) in [6.07, 6.45) is 5.88. The number of nitrogens with one attached hydrogen (secondary N) is 2. The Balaban J connectivity index is 2.02. The Morgan fingerprint density at radius 1 is 1.44 bits per heavy atom. The minimum Gasteiger partial charge on any atom is -0.377 e. The zero-order valence-electron chi connectivity index (χ0n) is 17.1. The van der Waals surface area contributed by atoms with E-state index in [0.717, 1.165) is 32.7 Å². The number of ether oxygens (including phenoxy) is 1. The van der Waals surface area contributed by atoms with Crippen LogP contribution in [0.15, 0.2) is 6.20 Å². The van der Waals surface area contributed by atoms with Gasteiger partial charge in [-0.2, -0.15) is 5.10 Å². The van der Waals surface area contributed by atoms with Crippen LogP contribution in [-0.4, -0.2) is 55.0 Å². The number of H-pyrrole nitrogens is 1. The van der Waals surface area contributed by atoms with Crippen LogP contribution in [0, 0.1) is 11.3 Å². The van der Waals surface area contributed by atoms with Crippen LogP contribution in [0.1, 0.15) is 64.1 Å². The summed E-state index contributed by atoms with van der Waals surface area (Å²) in [5, 5.41) is 11.0. The summed E-state index contributed by atoms with van der Waals surface area (Å²) in [7, 11) is 4.17. The van der Waals surface area contributed by atoms with E-state index in [1.807, 2.05) is 7.05 Å². The van der Waals surface area contributed by atoms with Gasteiger partial charge in [-0.25, -0.2) is 0 Å². The van der Waals surface area contributed by atoms with Gasteiger partial charge < -0.3 is 15.0 Å². The standard InChI is InChI=1S/C20H38N4O/c1-15(2)14-25-18-11-16(7-8-20(18,3)4)19-17(12-22-23-19)13-24(6)10-9-21-5/h12,15-16,18,21H,7-11,13-14H2,1-6H3,(H,22,23)/t16?,18-/m1/s1. The van der Waals surface area contributed by atoms with Crippen LogP contribution < -0.4 is 5.32 Å². The van der Waals surface area contributed by atoms with Crippen molar-refractivity contribution in [2.24, 2.45) is 11.3 Å². The zero-order chi connectivity index (χ0) is 18.4. The number of hydrogen-bond donors (Lipinski definition) is 2. The van der Waals surface area contributed by atoms with E-state index in [-0.39, 0.29) is 5.41 Å². The third kappa shape index (κ3) is 5.80. The van der Waals surface area contributed by atoms with Crippen LogP contribution in [0.4, 0.5) is 0 Å². The van der Waals surface area contributed by atoms with Gasteiger partial charge in [0.05, 0.1) is 11.8 Å². The summed E-state index contributed by atoms with van der Waals surface area (Å²) in [4.78, 5) is 2.35. The molecular formula is C20H38N4O. The van der Waals surface area contributed by atoms with Gasteiger partial charge in [0.2, 0.25) is 0 Å². The Kier molecular flexibility index (Phi) is 7.47. The molecule has 1 aliphatic rings. The Bertz CT molecular complexity index is 512. The maximum absolute atomic E-state index is 6.31. The number of hydrogen-bond acceptors (Lipinski definition) is 4. The lowest BCUT2D eigenvalue weighted by Crippen LogP contribution is -2.39. The first-order valence-electron chi connectivity index (χ1n) is 9.80. The Morgan fingerprint density at radius 2 is 2.20 bits per heavy atom. The third-order valence-corrected chi connectivity index (χ3v) is 5.46. The molecule has 2 atom stereocenters. The van der Waals surface area contributed by atoms with Crippen molar-refractivity contribution in [1.82, 2.24) is 20.4 Å². The average Bonchev–Trinajstić information content (AvgIpc) is 2.99. The monoisotopic (exact) mass is 350 g/mol. The highest BCUT2D eigenvalue weighted by molar-refractivity contribution is 5.22. The molecule has 0 bridgehead atoms. The first-order chi connectivity index (χ1) is 11.8. The van der Waals surface area contributed by atoms with Crippen LogP contribution in [0.2, 0.25) is 0 Å². The van der Waals surface area contributed by atoms with Crippen molar-refractivity contribution in [2.75, 3.05) is 33.8 Å². The van der Waals surface area contributed by atoms with Crippen molar-refractivity contribution in [3.8, 4) is 0 Å². The summed E-state index contributed by atoms with van der Waals surface area (Å²) in [5.74, 6) is 1.09. The van der Waals surface area contributed by atoms with Gasteiger partial charge in [-0.3, -0.25) is 5.10 Å². The van der Waals surface area contributed by atoms with Crippen molar-refractivity contribution in [2.45, 2.75) is 65.5 Å². The van der Waals surface area contributed by atoms with E-state index in [0.29, 0.717) is 17.9 Å². The third-order valence-electron chi connectivity index (χ3n) is 5.46. The molecule has 2 rings (SSSR count). The lowest BCUT2D eigenvalue weighted by Gasteiger charge is -2.42. The van der Waals surface area contributed by atoms with Crippen LogP contribution >= 0.6 is 0 Å². The summed E-state index contributed by atoms with van der Waals surface area (Å²) in [6.45, 7) is 13.0. The number of nitrogens with zero attached hydrogens (tertiary/aromatic N) is 2. The molecule has 1 aromatic rings. The first kappa shape index (κ1) is 20.4. The smallest absolute Gasteiger partial charge is 0.0698 e. The molecule has 1 saturated carbocycles. The Hall–Kier alpha value is -0.910. The number of rotatable bonds is 9. The molecule has 1 unspecified atom stereocenters. The van der Waals surface area contributed by atoms with Crippen LogP contribution in [0.25, 0.3) is 0 Å². The molecule has 0 amide bonds. The van der Waals surface area contributed by atoms with Crippen LogP contribution in [-0.2, 0) is 11.3 Å². The van der Waals surface area contributed by atoms with Crippen LogP contribution in [0.3, 0.4) is 0 Å². The van der Waals surface area contributed by atoms with Gasteiger partial charge in [-0.1, -0.05) is 27.7 Å². The normalized spacial score (nSPS) is 23.5. The number of likely N-dealkylation sites (N-methyl/N-ethyl adjacent to an activating group) is 2. The molecule has 144 valence electrons. The molecule has 0 radical (unpaired) electrons. The molecule has 1 aliphatic carbocycles. The fraction of sp³-hybridized carbons (Fsp3) is 0.850. The lowest BCUT2D eigenvalue weighted by molar-refractivity contribution is -0.0650. The van der Waals surface area contributed by atoms with E-state index in [1.165, 1.54) is 24.1 Å². The SMILES string of the molecule is CNCCN(C)Cc1c[nH]nc1C1CCC(C)(C)[C@H](OCC(C)C)C1. The predicted molar refractivity (Wildman–Crippen MR) is 104 cm³/mol. The molecule has 2 N–H and O–H groups in total. The number of aromatic nitrogens is 2. The second kappa shape index (κ2) is 9.15. The van der Waals surface area contributed by atoms with Crippen molar-refractivity contribution in [3.63, 3.8) is 0 Å². The van der Waals surface area contributed by atoms with Crippen molar-refractivity contribution >= 4 is 0 Å². The molecule has 0 aliphatic heterocycles. The summed E-state index contributed by atoms with van der Waals surface area (Å²) in [6, 6.07) is 0. The van der Waals surface area contributed by atoms with Crippen molar-refractivity contribution in [3.05, 3.63) is 17.5 Å². The predicted octanol–water partition coefficient (Wildman–Crippen LogP) is 3.40. The van der Waals surface area contributed by atoms with E-state index in [1.54, 1.807) is 0 Å². The highest BCUT2D eigenvalue weighted by atomic mass is 16.5. The van der Waals surface area contributed by atoms with E-state index in [2.05, 4.69) is 61.4 Å². The van der Waals surface area contributed by atoms with Gasteiger partial charge in [0.25, 0.3) is 0 Å². The van der Waals surface area contributed by atoms with Gasteiger partial charge >= 0.3 is 0 Å². The molecule has 0 aromatic carbocycles. The average molecular weight is 351 g/mol. The number of aromatic amines is 1. The molecule has 5 heteroatoms. The van der Waals surface area contributed by atoms with Crippen LogP contribution in [0.5, 0.6) is 0 Å². The molecular weight excluding hydrogens is 312 g/mol. The maximum atomic E-state index is 6.31. The molecule has 0 spiro atoms. The van der Waals surface area contributed by atoms with E-state index in [4.69, 9.17) is 4.74 Å². The zero-order valence-corrected chi connectivity index (χ0v) is 17.1. The molecule has 25 heavy (non-hydrogen) atoms. The van der Waals surface area contributed by atoms with E-state index >= 15 is 0 Å². The summed E-state index contributed by atoms with van der Waals surface area (Å²) in [5.41, 5.74) is 2.85. The molecule has 0 saturated heterocycles. The van der Waals surface area contributed by atoms with Crippen molar-refractivity contribution < 1.29 is 4.74 Å². The highest BCUT2D eigenvalue weighted by Crippen LogP contribution is 2.44. The summed E-state index contributed by atoms with van der Waals surface area (Å²) >= 11 is 0. The van der Waals surface area contributed by atoms with Gasteiger partial charge in [0, 0.05) is 43.9 Å². The van der Waals surface area contributed by atoms with Gasteiger partial charge in [0.1, 0.15) is 0 Å². The molecule has 1 fully saturated rings. The molecule has 1 heterocycles. The molecule has 5 nitrogen and oxygen atoms in total. The topological polar surface area (TPSA) is 53.2 Å².